The molecule has 1 N–H and O–H groups in total. The topological polar surface area (TPSA) is 87.4 Å². The Balaban J connectivity index is 2.08. The summed E-state index contributed by atoms with van der Waals surface area (Å²) in [6.07, 6.45) is -0.796. The number of fused-ring (bicyclic) bond motifs is 1. The second kappa shape index (κ2) is 6.07. The van der Waals surface area contributed by atoms with Gasteiger partial charge in [-0.3, -0.25) is 0 Å². The number of benzene rings is 1. The maximum Gasteiger partial charge on any atom is 0.379 e. The Morgan fingerprint density at radius 1 is 1.41 bits per heavy atom. The minimum Gasteiger partial charge on any atom is -0.461 e. The van der Waals surface area contributed by atoms with Crippen LogP contribution in [0.4, 0.5) is 17.6 Å². The molecule has 1 aliphatic heterocycles. The molecule has 0 amide bonds. The van der Waals surface area contributed by atoms with Gasteiger partial charge in [0, 0.05) is 23.6 Å². The summed E-state index contributed by atoms with van der Waals surface area (Å²) >= 11 is 0. The highest BCUT2D eigenvalue weighted by molar-refractivity contribution is 7.92. The number of hydrogen-bond acceptors (Lipinski definition) is 5. The van der Waals surface area contributed by atoms with Gasteiger partial charge in [0.05, 0.1) is 16.4 Å². The second-order valence-electron chi connectivity index (χ2n) is 6.50. The zero-order chi connectivity index (χ0) is 20.2. The van der Waals surface area contributed by atoms with E-state index in [1.807, 2.05) is 6.07 Å². The van der Waals surface area contributed by atoms with E-state index in [-0.39, 0.29) is 17.9 Å². The van der Waals surface area contributed by atoms with E-state index in [0.717, 1.165) is 24.3 Å². The third-order valence-electron chi connectivity index (χ3n) is 4.44. The average molecular weight is 403 g/mol. The highest BCUT2D eigenvalue weighted by Gasteiger charge is 2.61. The largest absolute Gasteiger partial charge is 0.461 e. The van der Waals surface area contributed by atoms with Gasteiger partial charge in [-0.2, -0.15) is 14.0 Å². The predicted molar refractivity (Wildman–Crippen MR) is 84.6 cm³/mol. The molecule has 1 aromatic carbocycles. The van der Waals surface area contributed by atoms with E-state index >= 15 is 0 Å². The summed E-state index contributed by atoms with van der Waals surface area (Å²) in [6.45, 7) is 0.0425. The van der Waals surface area contributed by atoms with E-state index in [4.69, 9.17) is 10.00 Å². The van der Waals surface area contributed by atoms with Crippen LogP contribution in [0.25, 0.3) is 0 Å². The molecular formula is C17H13F4NO4S. The molecule has 0 radical (unpaired) electrons. The van der Waals surface area contributed by atoms with Crippen molar-refractivity contribution in [1.82, 2.24) is 0 Å². The molecule has 2 atom stereocenters. The van der Waals surface area contributed by atoms with Gasteiger partial charge in [-0.05, 0) is 25.1 Å². The molecule has 2 aliphatic rings. The van der Waals surface area contributed by atoms with Crippen molar-refractivity contribution in [2.24, 2.45) is 5.41 Å². The molecule has 1 aromatic rings. The van der Waals surface area contributed by atoms with Crippen molar-refractivity contribution in [3.8, 4) is 11.8 Å². The van der Waals surface area contributed by atoms with Crippen LogP contribution in [0.15, 0.2) is 40.8 Å². The van der Waals surface area contributed by atoms with Crippen LogP contribution >= 0.6 is 0 Å². The number of rotatable bonds is 3. The van der Waals surface area contributed by atoms with Crippen LogP contribution in [0.5, 0.6) is 5.75 Å². The first-order chi connectivity index (χ1) is 12.5. The summed E-state index contributed by atoms with van der Waals surface area (Å²) in [5, 5.41) is 14.4. The van der Waals surface area contributed by atoms with Crippen LogP contribution in [0.2, 0.25) is 0 Å². The first-order valence-corrected chi connectivity index (χ1v) is 9.15. The molecular weight excluding hydrogens is 390 g/mol. The number of aliphatic hydroxyl groups is 1. The maximum absolute atomic E-state index is 13.9. The van der Waals surface area contributed by atoms with Crippen molar-refractivity contribution < 1.29 is 35.8 Å². The molecule has 1 aliphatic carbocycles. The number of aliphatic hydroxyl groups excluding tert-OH is 1. The van der Waals surface area contributed by atoms with Crippen molar-refractivity contribution in [3.05, 3.63) is 47.0 Å². The summed E-state index contributed by atoms with van der Waals surface area (Å²) in [6, 6.07) is 3.63. The molecule has 0 fully saturated rings. The molecule has 10 heteroatoms. The van der Waals surface area contributed by atoms with E-state index in [2.05, 4.69) is 0 Å². The molecule has 2 unspecified atom stereocenters. The van der Waals surface area contributed by atoms with Gasteiger partial charge in [0.25, 0.3) is 0 Å². The normalized spacial score (nSPS) is 28.0. The fraction of sp³-hybridized carbons (Fsp3) is 0.353. The van der Waals surface area contributed by atoms with Gasteiger partial charge < -0.3 is 9.84 Å². The van der Waals surface area contributed by atoms with Crippen molar-refractivity contribution in [2.75, 3.05) is 0 Å². The second-order valence-corrected chi connectivity index (χ2v) is 8.49. The van der Waals surface area contributed by atoms with E-state index in [1.54, 1.807) is 0 Å². The van der Waals surface area contributed by atoms with Crippen LogP contribution in [0, 0.1) is 16.7 Å². The molecule has 5 nitrogen and oxygen atoms in total. The molecule has 0 aromatic heterocycles. The van der Waals surface area contributed by atoms with Gasteiger partial charge >= 0.3 is 5.25 Å². The van der Waals surface area contributed by atoms with E-state index in [0.29, 0.717) is 0 Å². The maximum atomic E-state index is 13.9. The molecule has 27 heavy (non-hydrogen) atoms. The fourth-order valence-corrected chi connectivity index (χ4v) is 4.57. The number of alkyl halides is 3. The van der Waals surface area contributed by atoms with Crippen LogP contribution in [-0.2, 0) is 16.5 Å². The van der Waals surface area contributed by atoms with E-state index in [1.165, 1.54) is 6.92 Å². The summed E-state index contributed by atoms with van der Waals surface area (Å²) in [4.78, 5) is -0.884. The van der Waals surface area contributed by atoms with Crippen molar-refractivity contribution >= 4 is 9.84 Å². The Bertz CT molecular complexity index is 1030. The van der Waals surface area contributed by atoms with Gasteiger partial charge in [-0.1, -0.05) is 0 Å². The number of ether oxygens (including phenoxy) is 1. The van der Waals surface area contributed by atoms with Gasteiger partial charge in [-0.25, -0.2) is 17.2 Å². The molecule has 144 valence electrons. The molecule has 0 bridgehead atoms. The lowest BCUT2D eigenvalue weighted by atomic mass is 9.84. The lowest BCUT2D eigenvalue weighted by Crippen LogP contribution is -2.28. The summed E-state index contributed by atoms with van der Waals surface area (Å²) < 4.78 is 84.3. The van der Waals surface area contributed by atoms with Gasteiger partial charge in [0.1, 0.15) is 24.0 Å². The smallest absolute Gasteiger partial charge is 0.379 e. The van der Waals surface area contributed by atoms with E-state index in [9.17, 15) is 31.1 Å². The number of halogens is 4. The third-order valence-corrected chi connectivity index (χ3v) is 6.32. The quantitative estimate of drug-likeness (QED) is 0.779. The number of sulfone groups is 1. The van der Waals surface area contributed by atoms with Crippen molar-refractivity contribution in [1.29, 1.82) is 5.26 Å². The van der Waals surface area contributed by atoms with Crippen LogP contribution < -0.4 is 4.74 Å². The Morgan fingerprint density at radius 3 is 2.67 bits per heavy atom. The Kier molecular flexibility index (Phi) is 4.36. The summed E-state index contributed by atoms with van der Waals surface area (Å²) in [5.41, 5.74) is -2.58. The first-order valence-electron chi connectivity index (χ1n) is 7.67. The number of nitriles is 1. The Morgan fingerprint density at radius 2 is 2.07 bits per heavy atom. The van der Waals surface area contributed by atoms with Crippen LogP contribution in [0.1, 0.15) is 30.6 Å². The summed E-state index contributed by atoms with van der Waals surface area (Å²) in [5.74, 6) is -1.18. The van der Waals surface area contributed by atoms with Crippen molar-refractivity contribution in [3.63, 3.8) is 0 Å². The highest BCUT2D eigenvalue weighted by Crippen LogP contribution is 2.52. The van der Waals surface area contributed by atoms with Crippen LogP contribution in [0.3, 0.4) is 0 Å². The minimum atomic E-state index is -5.18. The third kappa shape index (κ3) is 2.82. The predicted octanol–water partition coefficient (Wildman–Crippen LogP) is 3.62. The van der Waals surface area contributed by atoms with E-state index < -0.39 is 55.1 Å². The van der Waals surface area contributed by atoms with Crippen molar-refractivity contribution in [2.45, 2.75) is 36.3 Å². The lowest BCUT2D eigenvalue weighted by molar-refractivity contribution is -0.0381. The number of nitrogens with zero attached hydrogens (tertiary/aromatic N) is 1. The zero-order valence-corrected chi connectivity index (χ0v) is 14.7. The fourth-order valence-electron chi connectivity index (χ4n) is 3.09. The van der Waals surface area contributed by atoms with Gasteiger partial charge in [0.15, 0.2) is 6.10 Å². The minimum absolute atomic E-state index is 0.0727. The SMILES string of the molecule is CC1(C#N)C=C(F)C=C(Oc2ccc3c(c2CF)C(O)C(F)(F)S3(=O)=O)C1. The van der Waals surface area contributed by atoms with Crippen LogP contribution in [-0.4, -0.2) is 18.8 Å². The lowest BCUT2D eigenvalue weighted by Gasteiger charge is -2.24. The monoisotopic (exact) mass is 403 g/mol. The molecule has 3 rings (SSSR count). The molecule has 0 saturated carbocycles. The molecule has 0 spiro atoms. The number of hydrogen-bond donors (Lipinski definition) is 1. The standard InChI is InChI=1S/C17H13F4NO4S/c1-16(8-22)5-9(19)4-10(6-16)26-12-2-3-13-14(11(12)7-18)15(23)17(20,21)27(13,24)25/h2-5,15,23H,6-7H2,1H3. The average Bonchev–Trinajstić information content (AvgIpc) is 2.71. The van der Waals surface area contributed by atoms with Gasteiger partial charge in [-0.15, -0.1) is 0 Å². The first kappa shape index (κ1) is 19.4. The highest BCUT2D eigenvalue weighted by atomic mass is 32.2. The Labute approximate surface area is 152 Å². The number of allylic oxidation sites excluding steroid dienone is 4. The molecule has 0 saturated heterocycles. The Hall–Kier alpha value is -2.38. The molecule has 1 heterocycles. The summed E-state index contributed by atoms with van der Waals surface area (Å²) in [7, 11) is -5.18. The zero-order valence-electron chi connectivity index (χ0n) is 13.8. The van der Waals surface area contributed by atoms with Gasteiger partial charge in [0.2, 0.25) is 9.84 Å².